The molecule has 0 aliphatic carbocycles. The van der Waals surface area contributed by atoms with E-state index in [1.807, 2.05) is 0 Å². The second-order valence-electron chi connectivity index (χ2n) is 3.70. The standard InChI is InChI=1S/C9H16S/c1-2-7-5-8-3-4-9(6-7)10-8/h7-9H,2-6H2,1H3. The van der Waals surface area contributed by atoms with E-state index in [-0.39, 0.29) is 0 Å². The minimum absolute atomic E-state index is 1.06. The molecule has 2 bridgehead atoms. The van der Waals surface area contributed by atoms with Crippen LogP contribution in [0.5, 0.6) is 0 Å². The Hall–Kier alpha value is 0.350. The van der Waals surface area contributed by atoms with Crippen LogP contribution in [0.2, 0.25) is 0 Å². The molecule has 2 aliphatic rings. The monoisotopic (exact) mass is 156 g/mol. The number of thioether (sulfide) groups is 1. The fourth-order valence-electron chi connectivity index (χ4n) is 2.30. The van der Waals surface area contributed by atoms with Crippen LogP contribution in [0.1, 0.15) is 39.0 Å². The van der Waals surface area contributed by atoms with Gasteiger partial charge in [-0.3, -0.25) is 0 Å². The van der Waals surface area contributed by atoms with Gasteiger partial charge in [0.15, 0.2) is 0 Å². The second kappa shape index (κ2) is 2.77. The molecule has 0 aromatic heterocycles. The third-order valence-electron chi connectivity index (χ3n) is 2.97. The van der Waals surface area contributed by atoms with E-state index >= 15 is 0 Å². The van der Waals surface area contributed by atoms with Crippen LogP contribution < -0.4 is 0 Å². The van der Waals surface area contributed by atoms with Crippen molar-refractivity contribution < 1.29 is 0 Å². The van der Waals surface area contributed by atoms with Crippen LogP contribution in [0.4, 0.5) is 0 Å². The number of hydrogen-bond donors (Lipinski definition) is 0. The van der Waals surface area contributed by atoms with Crippen molar-refractivity contribution in [3.05, 3.63) is 0 Å². The third-order valence-corrected chi connectivity index (χ3v) is 4.59. The third kappa shape index (κ3) is 1.20. The van der Waals surface area contributed by atoms with Crippen LogP contribution in [0.3, 0.4) is 0 Å². The van der Waals surface area contributed by atoms with Crippen molar-refractivity contribution in [3.8, 4) is 0 Å². The van der Waals surface area contributed by atoms with Crippen LogP contribution in [-0.4, -0.2) is 10.5 Å². The lowest BCUT2D eigenvalue weighted by atomic mass is 9.97. The average Bonchev–Trinajstić information content (AvgIpc) is 2.30. The highest BCUT2D eigenvalue weighted by atomic mass is 32.2. The fraction of sp³-hybridized carbons (Fsp3) is 1.00. The van der Waals surface area contributed by atoms with Crippen molar-refractivity contribution >= 4 is 11.8 Å². The highest BCUT2D eigenvalue weighted by Crippen LogP contribution is 2.46. The molecule has 0 aromatic carbocycles. The molecule has 10 heavy (non-hydrogen) atoms. The molecule has 2 heterocycles. The quantitative estimate of drug-likeness (QED) is 0.562. The van der Waals surface area contributed by atoms with Crippen LogP contribution in [0, 0.1) is 5.92 Å². The Balaban J connectivity index is 1.96. The van der Waals surface area contributed by atoms with E-state index < -0.39 is 0 Å². The van der Waals surface area contributed by atoms with E-state index in [9.17, 15) is 0 Å². The molecule has 0 aromatic rings. The van der Waals surface area contributed by atoms with Crippen molar-refractivity contribution in [1.29, 1.82) is 0 Å². The Bertz CT molecular complexity index is 110. The zero-order valence-electron chi connectivity index (χ0n) is 6.68. The molecular formula is C9H16S. The Morgan fingerprint density at radius 1 is 1.20 bits per heavy atom. The van der Waals surface area contributed by atoms with Crippen molar-refractivity contribution in [2.75, 3.05) is 0 Å². The molecule has 0 radical (unpaired) electrons. The predicted octanol–water partition coefficient (Wildman–Crippen LogP) is 3.07. The van der Waals surface area contributed by atoms with E-state index in [1.54, 1.807) is 0 Å². The molecule has 0 amide bonds. The van der Waals surface area contributed by atoms with Crippen molar-refractivity contribution in [2.24, 2.45) is 5.92 Å². The molecule has 2 saturated heterocycles. The van der Waals surface area contributed by atoms with Crippen LogP contribution in [0.25, 0.3) is 0 Å². The predicted molar refractivity (Wildman–Crippen MR) is 47.4 cm³/mol. The summed E-state index contributed by atoms with van der Waals surface area (Å²) in [6.45, 7) is 2.35. The first-order chi connectivity index (χ1) is 4.88. The zero-order chi connectivity index (χ0) is 6.97. The largest absolute Gasteiger partial charge is 0.155 e. The summed E-state index contributed by atoms with van der Waals surface area (Å²) < 4.78 is 0. The Kier molecular flexibility index (Phi) is 1.94. The summed E-state index contributed by atoms with van der Waals surface area (Å²) in [5, 5.41) is 2.12. The number of rotatable bonds is 1. The fourth-order valence-corrected chi connectivity index (χ4v) is 4.16. The summed E-state index contributed by atoms with van der Waals surface area (Å²) >= 11 is 2.27. The molecular weight excluding hydrogens is 140 g/mol. The molecule has 0 spiro atoms. The molecule has 2 aliphatic heterocycles. The van der Waals surface area contributed by atoms with Gasteiger partial charge >= 0.3 is 0 Å². The Morgan fingerprint density at radius 2 is 1.80 bits per heavy atom. The maximum absolute atomic E-state index is 2.35. The van der Waals surface area contributed by atoms with E-state index in [0.717, 1.165) is 16.4 Å². The first-order valence-corrected chi connectivity index (χ1v) is 5.48. The van der Waals surface area contributed by atoms with Gasteiger partial charge in [0.25, 0.3) is 0 Å². The molecule has 2 atom stereocenters. The molecule has 2 unspecified atom stereocenters. The Labute approximate surface area is 67.8 Å². The molecule has 1 heteroatoms. The van der Waals surface area contributed by atoms with Crippen LogP contribution in [0.15, 0.2) is 0 Å². The second-order valence-corrected chi connectivity index (χ2v) is 5.31. The molecule has 0 N–H and O–H groups in total. The topological polar surface area (TPSA) is 0 Å². The van der Waals surface area contributed by atoms with Gasteiger partial charge in [-0.2, -0.15) is 11.8 Å². The summed E-state index contributed by atoms with van der Waals surface area (Å²) in [5.74, 6) is 1.08. The summed E-state index contributed by atoms with van der Waals surface area (Å²) in [5.41, 5.74) is 0. The van der Waals surface area contributed by atoms with Gasteiger partial charge in [-0.15, -0.1) is 0 Å². The van der Waals surface area contributed by atoms with E-state index in [1.165, 1.54) is 32.1 Å². The van der Waals surface area contributed by atoms with Crippen molar-refractivity contribution in [3.63, 3.8) is 0 Å². The van der Waals surface area contributed by atoms with Crippen LogP contribution >= 0.6 is 11.8 Å². The number of fused-ring (bicyclic) bond motifs is 2. The first kappa shape index (κ1) is 7.02. The lowest BCUT2D eigenvalue weighted by Gasteiger charge is -2.25. The Morgan fingerprint density at radius 3 is 2.30 bits per heavy atom. The van der Waals surface area contributed by atoms with Crippen molar-refractivity contribution in [2.45, 2.75) is 49.5 Å². The molecule has 0 saturated carbocycles. The van der Waals surface area contributed by atoms with E-state index in [2.05, 4.69) is 18.7 Å². The highest BCUT2D eigenvalue weighted by Gasteiger charge is 2.33. The molecule has 2 rings (SSSR count). The summed E-state index contributed by atoms with van der Waals surface area (Å²) in [4.78, 5) is 0. The van der Waals surface area contributed by atoms with Gasteiger partial charge < -0.3 is 0 Å². The summed E-state index contributed by atoms with van der Waals surface area (Å²) in [6, 6.07) is 0. The van der Waals surface area contributed by atoms with Gasteiger partial charge in [0.2, 0.25) is 0 Å². The minimum atomic E-state index is 1.06. The van der Waals surface area contributed by atoms with Gasteiger partial charge in [0.1, 0.15) is 0 Å². The maximum atomic E-state index is 2.35. The van der Waals surface area contributed by atoms with Crippen molar-refractivity contribution in [1.82, 2.24) is 0 Å². The van der Waals surface area contributed by atoms with Gasteiger partial charge in [0, 0.05) is 10.5 Å². The SMILES string of the molecule is CCC1CC2CCC(C1)S2. The van der Waals surface area contributed by atoms with E-state index in [0.29, 0.717) is 0 Å². The van der Waals surface area contributed by atoms with Gasteiger partial charge in [-0.1, -0.05) is 13.3 Å². The highest BCUT2D eigenvalue weighted by molar-refractivity contribution is 8.00. The average molecular weight is 156 g/mol. The van der Waals surface area contributed by atoms with Gasteiger partial charge in [-0.25, -0.2) is 0 Å². The molecule has 0 nitrogen and oxygen atoms in total. The maximum Gasteiger partial charge on any atom is 0.00528 e. The lowest BCUT2D eigenvalue weighted by molar-refractivity contribution is 0.441. The molecule has 58 valence electrons. The minimum Gasteiger partial charge on any atom is -0.155 e. The van der Waals surface area contributed by atoms with Gasteiger partial charge in [0.05, 0.1) is 0 Å². The number of hydrogen-bond acceptors (Lipinski definition) is 1. The zero-order valence-corrected chi connectivity index (χ0v) is 7.49. The molecule has 2 fully saturated rings. The first-order valence-electron chi connectivity index (χ1n) is 4.54. The summed E-state index contributed by atoms with van der Waals surface area (Å²) in [7, 11) is 0. The van der Waals surface area contributed by atoms with Crippen LogP contribution in [-0.2, 0) is 0 Å². The van der Waals surface area contributed by atoms with Gasteiger partial charge in [-0.05, 0) is 31.6 Å². The van der Waals surface area contributed by atoms with E-state index in [4.69, 9.17) is 0 Å². The normalized spacial score (nSPS) is 45.9. The smallest absolute Gasteiger partial charge is 0.00528 e. The lowest BCUT2D eigenvalue weighted by Crippen LogP contribution is -2.16. The summed E-state index contributed by atoms with van der Waals surface area (Å²) in [6.07, 6.45) is 7.51.